The van der Waals surface area contributed by atoms with Crippen molar-refractivity contribution < 1.29 is 8.83 Å². The van der Waals surface area contributed by atoms with E-state index >= 15 is 0 Å². The number of hydrogen-bond donors (Lipinski definition) is 1. The highest BCUT2D eigenvalue weighted by atomic mass is 79.9. The Balaban J connectivity index is 0.000000140. The van der Waals surface area contributed by atoms with E-state index in [1.54, 1.807) is 0 Å². The average molecular weight is 864 g/mol. The van der Waals surface area contributed by atoms with Crippen LogP contribution in [0.5, 0.6) is 0 Å². The highest BCUT2D eigenvalue weighted by Crippen LogP contribution is 2.44. The Morgan fingerprint density at radius 3 is 1.18 bits per heavy atom. The summed E-state index contributed by atoms with van der Waals surface area (Å²) in [6.45, 7) is 13.3. The molecule has 10 rings (SSSR count). The summed E-state index contributed by atoms with van der Waals surface area (Å²) in [6.07, 6.45) is 0. The molecule has 61 heavy (non-hydrogen) atoms. The van der Waals surface area contributed by atoms with E-state index < -0.39 is 0 Å². The van der Waals surface area contributed by atoms with Crippen molar-refractivity contribution in [3.8, 4) is 0 Å². The van der Waals surface area contributed by atoms with Gasteiger partial charge in [-0.25, -0.2) is 0 Å². The number of fused-ring (bicyclic) bond motifs is 6. The van der Waals surface area contributed by atoms with Crippen molar-refractivity contribution in [2.45, 2.75) is 52.4 Å². The van der Waals surface area contributed by atoms with Crippen molar-refractivity contribution in [2.24, 2.45) is 0 Å². The van der Waals surface area contributed by atoms with Gasteiger partial charge >= 0.3 is 0 Å². The fourth-order valence-electron chi connectivity index (χ4n) is 7.74. The van der Waals surface area contributed by atoms with Crippen LogP contribution in [0.4, 0.5) is 28.4 Å². The quantitative estimate of drug-likeness (QED) is 0.187. The standard InChI is InChI=1S/C28H25NO.C16H15BrO.C12H11N/c1-28(2,3)24-18-10-16-22-23-17-11-19-25(27(23)30-26(22)24)29(20-12-6-4-7-13-20)21-14-8-5-9-15-21;1-16(2,3)12-8-4-6-10-11-7-5-9-13(17)15(11)18-14(10)12;1-3-7-11(8-4-1)13-12-9-5-2-6-10-12/h4-19H,1-3H3;4-9H,1-3H3;1-10,13H. The minimum Gasteiger partial charge on any atom is -0.455 e. The monoisotopic (exact) mass is 862 g/mol. The number of benzene rings is 8. The van der Waals surface area contributed by atoms with E-state index in [2.05, 4.69) is 177 Å². The van der Waals surface area contributed by atoms with Gasteiger partial charge in [0, 0.05) is 55.4 Å². The van der Waals surface area contributed by atoms with Crippen LogP contribution in [0.15, 0.2) is 207 Å². The van der Waals surface area contributed by atoms with Gasteiger partial charge in [-0.15, -0.1) is 0 Å². The second kappa shape index (κ2) is 17.6. The molecule has 8 aromatic carbocycles. The largest absolute Gasteiger partial charge is 0.455 e. The smallest absolute Gasteiger partial charge is 0.159 e. The van der Waals surface area contributed by atoms with Crippen molar-refractivity contribution in [1.82, 2.24) is 0 Å². The second-order valence-corrected chi connectivity index (χ2v) is 18.1. The van der Waals surface area contributed by atoms with Gasteiger partial charge in [0.25, 0.3) is 0 Å². The molecule has 0 saturated heterocycles. The lowest BCUT2D eigenvalue weighted by molar-refractivity contribution is 0.572. The van der Waals surface area contributed by atoms with Gasteiger partial charge in [-0.2, -0.15) is 0 Å². The van der Waals surface area contributed by atoms with Gasteiger partial charge in [-0.05, 0) is 87.4 Å². The molecule has 304 valence electrons. The zero-order valence-corrected chi connectivity index (χ0v) is 37.2. The van der Waals surface area contributed by atoms with Crippen molar-refractivity contribution >= 4 is 88.2 Å². The normalized spacial score (nSPS) is 11.5. The Morgan fingerprint density at radius 2 is 0.738 bits per heavy atom. The van der Waals surface area contributed by atoms with Gasteiger partial charge in [0.2, 0.25) is 0 Å². The van der Waals surface area contributed by atoms with Crippen LogP contribution in [0.1, 0.15) is 52.7 Å². The number of para-hydroxylation sites is 8. The molecule has 0 bridgehead atoms. The first kappa shape index (κ1) is 41.2. The van der Waals surface area contributed by atoms with Gasteiger partial charge in [0.05, 0.1) is 10.2 Å². The Bertz CT molecular complexity index is 2940. The maximum Gasteiger partial charge on any atom is 0.159 e. The molecule has 0 aliphatic rings. The summed E-state index contributed by atoms with van der Waals surface area (Å²) >= 11 is 3.56. The van der Waals surface area contributed by atoms with Crippen molar-refractivity contribution in [2.75, 3.05) is 10.2 Å². The number of halogens is 1. The van der Waals surface area contributed by atoms with Crippen molar-refractivity contribution in [1.29, 1.82) is 0 Å². The van der Waals surface area contributed by atoms with Crippen LogP contribution in [0.3, 0.4) is 0 Å². The third kappa shape index (κ3) is 8.99. The summed E-state index contributed by atoms with van der Waals surface area (Å²) in [5.41, 5.74) is 11.9. The molecule has 0 spiro atoms. The predicted octanol–water partition coefficient (Wildman–Crippen LogP) is 17.4. The summed E-state index contributed by atoms with van der Waals surface area (Å²) in [7, 11) is 0. The first-order valence-corrected chi connectivity index (χ1v) is 21.6. The molecule has 0 unspecified atom stereocenters. The van der Waals surface area contributed by atoms with Gasteiger partial charge in [-0.3, -0.25) is 0 Å². The minimum atomic E-state index is 0.00605. The topological polar surface area (TPSA) is 41.6 Å². The molecule has 0 fully saturated rings. The summed E-state index contributed by atoms with van der Waals surface area (Å²) in [5, 5.41) is 7.98. The van der Waals surface area contributed by atoms with E-state index in [1.165, 1.54) is 27.3 Å². The van der Waals surface area contributed by atoms with Crippen molar-refractivity contribution in [3.63, 3.8) is 0 Å². The van der Waals surface area contributed by atoms with Gasteiger partial charge < -0.3 is 19.1 Å². The Labute approximate surface area is 367 Å². The molecule has 0 atom stereocenters. The third-order valence-corrected chi connectivity index (χ3v) is 11.3. The van der Waals surface area contributed by atoms with Gasteiger partial charge in [0.1, 0.15) is 16.7 Å². The highest BCUT2D eigenvalue weighted by molar-refractivity contribution is 9.10. The highest BCUT2D eigenvalue weighted by Gasteiger charge is 2.24. The molecular weight excluding hydrogens is 813 g/mol. The van der Waals surface area contributed by atoms with E-state index in [-0.39, 0.29) is 10.8 Å². The second-order valence-electron chi connectivity index (χ2n) is 17.2. The van der Waals surface area contributed by atoms with Gasteiger partial charge in [0.15, 0.2) is 5.58 Å². The molecule has 0 aliphatic carbocycles. The fraction of sp³-hybridized carbons (Fsp3) is 0.143. The lowest BCUT2D eigenvalue weighted by Crippen LogP contribution is -2.11. The van der Waals surface area contributed by atoms with Crippen LogP contribution in [0, 0.1) is 0 Å². The van der Waals surface area contributed by atoms with Crippen LogP contribution in [-0.2, 0) is 10.8 Å². The Morgan fingerprint density at radius 1 is 0.377 bits per heavy atom. The Hall–Kier alpha value is -6.56. The third-order valence-electron chi connectivity index (χ3n) is 10.7. The molecular formula is C56H51BrN2O2. The number of anilines is 5. The molecule has 5 heteroatoms. The van der Waals surface area contributed by atoms with Crippen LogP contribution in [0.25, 0.3) is 43.9 Å². The molecule has 1 N–H and O–H groups in total. The average Bonchev–Trinajstić information content (AvgIpc) is 3.85. The molecule has 0 aliphatic heterocycles. The van der Waals surface area contributed by atoms with E-state index in [4.69, 9.17) is 8.83 Å². The minimum absolute atomic E-state index is 0.00605. The first-order valence-electron chi connectivity index (χ1n) is 20.8. The van der Waals surface area contributed by atoms with Crippen LogP contribution >= 0.6 is 15.9 Å². The predicted molar refractivity (Wildman–Crippen MR) is 263 cm³/mol. The van der Waals surface area contributed by atoms with Crippen LogP contribution in [-0.4, -0.2) is 0 Å². The Kier molecular flexibility index (Phi) is 11.9. The molecule has 0 radical (unpaired) electrons. The first-order chi connectivity index (χ1) is 29.5. The zero-order valence-electron chi connectivity index (χ0n) is 35.6. The number of rotatable bonds is 5. The van der Waals surface area contributed by atoms with Crippen LogP contribution in [0.2, 0.25) is 0 Å². The van der Waals surface area contributed by atoms with E-state index in [0.717, 1.165) is 60.6 Å². The van der Waals surface area contributed by atoms with Gasteiger partial charge in [-0.1, -0.05) is 175 Å². The fourth-order valence-corrected chi connectivity index (χ4v) is 8.19. The van der Waals surface area contributed by atoms with E-state index in [0.29, 0.717) is 0 Å². The lowest BCUT2D eigenvalue weighted by atomic mass is 9.86. The summed E-state index contributed by atoms with van der Waals surface area (Å²) in [6, 6.07) is 66.7. The summed E-state index contributed by atoms with van der Waals surface area (Å²) in [4.78, 5) is 2.27. The molecule has 2 heterocycles. The van der Waals surface area contributed by atoms with Crippen LogP contribution < -0.4 is 10.2 Å². The number of hydrogen-bond acceptors (Lipinski definition) is 4. The maximum atomic E-state index is 6.62. The lowest BCUT2D eigenvalue weighted by Gasteiger charge is -2.25. The summed E-state index contributed by atoms with van der Waals surface area (Å²) < 4.78 is 13.7. The van der Waals surface area contributed by atoms with E-state index in [1.807, 2.05) is 84.9 Å². The molecule has 10 aromatic rings. The molecule has 0 saturated carbocycles. The van der Waals surface area contributed by atoms with E-state index in [9.17, 15) is 0 Å². The molecule has 2 aromatic heterocycles. The zero-order chi connectivity index (χ0) is 42.6. The SMILES string of the molecule is CC(C)(C)c1cccc2c1oc1c(Br)cccc12.CC(C)(C)c1cccc2c1oc1c(N(c3ccccc3)c3ccccc3)cccc12.c1ccc(Nc2ccccc2)cc1. The molecule has 0 amide bonds. The summed E-state index contributed by atoms with van der Waals surface area (Å²) in [5.74, 6) is 0. The maximum absolute atomic E-state index is 6.62. The number of nitrogens with zero attached hydrogens (tertiary/aromatic N) is 1. The number of furan rings is 2. The number of nitrogens with one attached hydrogen (secondary N) is 1. The molecule has 4 nitrogen and oxygen atoms in total. The van der Waals surface area contributed by atoms with Crippen molar-refractivity contribution in [3.05, 3.63) is 210 Å².